The Labute approximate surface area is 220 Å². The minimum Gasteiger partial charge on any atom is -0.490 e. The van der Waals surface area contributed by atoms with Gasteiger partial charge < -0.3 is 25.5 Å². The van der Waals surface area contributed by atoms with E-state index in [1.165, 1.54) is 0 Å². The standard InChI is InChI=1S/C28H29ClN4O4/c1-16(2)37-25-9-7-17(18-6-8-21(23(29)13-18)27(35)30-3)12-22(25)28(36)33-20(15-34)11-19-14-32-24-5-4-10-31-26(19)24/h4-10,12-14,16,20,32,34H,11,15H2,1-3H3,(H,30,35)(H,33,36)/t20-/m1/s1. The molecule has 1 atom stereocenters. The quantitative estimate of drug-likeness (QED) is 0.261. The number of hydrogen-bond acceptors (Lipinski definition) is 5. The molecule has 0 saturated carbocycles. The number of carbonyl (C=O) groups is 2. The van der Waals surface area contributed by atoms with Crippen molar-refractivity contribution in [3.8, 4) is 16.9 Å². The summed E-state index contributed by atoms with van der Waals surface area (Å²) in [6.45, 7) is 3.52. The van der Waals surface area contributed by atoms with Gasteiger partial charge in [0.2, 0.25) is 0 Å². The number of benzene rings is 2. The van der Waals surface area contributed by atoms with E-state index in [0.29, 0.717) is 28.3 Å². The highest BCUT2D eigenvalue weighted by Gasteiger charge is 2.21. The van der Waals surface area contributed by atoms with Gasteiger partial charge in [0, 0.05) is 19.4 Å². The van der Waals surface area contributed by atoms with Crippen molar-refractivity contribution in [1.29, 1.82) is 0 Å². The topological polar surface area (TPSA) is 116 Å². The van der Waals surface area contributed by atoms with E-state index >= 15 is 0 Å². The summed E-state index contributed by atoms with van der Waals surface area (Å²) in [6, 6.07) is 13.6. The number of carbonyl (C=O) groups excluding carboxylic acids is 2. The van der Waals surface area contributed by atoms with Crippen molar-refractivity contribution in [2.24, 2.45) is 0 Å². The molecule has 2 heterocycles. The molecule has 4 rings (SSSR count). The second-order valence-corrected chi connectivity index (χ2v) is 9.33. The lowest BCUT2D eigenvalue weighted by Crippen LogP contribution is -2.39. The zero-order valence-corrected chi connectivity index (χ0v) is 21.6. The molecule has 0 spiro atoms. The number of aliphatic hydroxyl groups is 1. The third-order valence-electron chi connectivity index (χ3n) is 5.90. The predicted molar refractivity (Wildman–Crippen MR) is 144 cm³/mol. The van der Waals surface area contributed by atoms with Crippen LogP contribution in [-0.4, -0.2) is 52.7 Å². The minimum absolute atomic E-state index is 0.149. The number of amides is 2. The second kappa shape index (κ2) is 11.5. The number of rotatable bonds is 9. The highest BCUT2D eigenvalue weighted by Crippen LogP contribution is 2.30. The normalized spacial score (nSPS) is 11.9. The van der Waals surface area contributed by atoms with Gasteiger partial charge in [0.15, 0.2) is 0 Å². The van der Waals surface area contributed by atoms with Crippen LogP contribution in [0.5, 0.6) is 5.75 Å². The summed E-state index contributed by atoms with van der Waals surface area (Å²) in [7, 11) is 1.54. The van der Waals surface area contributed by atoms with E-state index in [2.05, 4.69) is 20.6 Å². The minimum atomic E-state index is -0.537. The van der Waals surface area contributed by atoms with Crippen LogP contribution < -0.4 is 15.4 Å². The lowest BCUT2D eigenvalue weighted by atomic mass is 10.00. The molecule has 4 aromatic rings. The molecule has 0 unspecified atom stereocenters. The Morgan fingerprint density at radius 3 is 2.54 bits per heavy atom. The molecule has 4 N–H and O–H groups in total. The van der Waals surface area contributed by atoms with Gasteiger partial charge in [-0.2, -0.15) is 0 Å². The smallest absolute Gasteiger partial charge is 0.255 e. The van der Waals surface area contributed by atoms with E-state index in [0.717, 1.165) is 27.7 Å². The number of hydrogen-bond donors (Lipinski definition) is 4. The molecular weight excluding hydrogens is 492 g/mol. The molecule has 0 saturated heterocycles. The molecule has 0 bridgehead atoms. The molecule has 2 amide bonds. The van der Waals surface area contributed by atoms with Crippen LogP contribution in [-0.2, 0) is 6.42 Å². The van der Waals surface area contributed by atoms with Crippen LogP contribution in [0.4, 0.5) is 0 Å². The van der Waals surface area contributed by atoms with Crippen LogP contribution in [0, 0.1) is 0 Å². The summed E-state index contributed by atoms with van der Waals surface area (Å²) < 4.78 is 5.91. The number of nitrogens with one attached hydrogen (secondary N) is 3. The molecule has 0 aliphatic rings. The fourth-order valence-corrected chi connectivity index (χ4v) is 4.38. The Bertz CT molecular complexity index is 1430. The fourth-order valence-electron chi connectivity index (χ4n) is 4.11. The summed E-state index contributed by atoms with van der Waals surface area (Å²) in [5, 5.41) is 15.8. The first-order valence-electron chi connectivity index (χ1n) is 12.0. The van der Waals surface area contributed by atoms with Crippen molar-refractivity contribution in [2.75, 3.05) is 13.7 Å². The van der Waals surface area contributed by atoms with Crippen molar-refractivity contribution >= 4 is 34.4 Å². The number of ether oxygens (including phenoxy) is 1. The van der Waals surface area contributed by atoms with E-state index in [-0.39, 0.29) is 24.5 Å². The summed E-state index contributed by atoms with van der Waals surface area (Å²) in [5.74, 6) is -0.232. The van der Waals surface area contributed by atoms with Gasteiger partial charge >= 0.3 is 0 Å². The Hall–Kier alpha value is -3.88. The Balaban J connectivity index is 1.62. The number of aliphatic hydroxyl groups excluding tert-OH is 1. The molecule has 2 aromatic heterocycles. The van der Waals surface area contributed by atoms with Gasteiger partial charge in [0.05, 0.1) is 45.9 Å². The average Bonchev–Trinajstić information content (AvgIpc) is 3.30. The molecular formula is C28H29ClN4O4. The molecule has 37 heavy (non-hydrogen) atoms. The van der Waals surface area contributed by atoms with Crippen LogP contribution in [0.1, 0.15) is 40.1 Å². The Kier molecular flexibility index (Phi) is 8.11. The number of pyridine rings is 1. The third kappa shape index (κ3) is 5.93. The van der Waals surface area contributed by atoms with Gasteiger partial charge in [-0.05, 0) is 73.4 Å². The van der Waals surface area contributed by atoms with E-state index < -0.39 is 6.04 Å². The molecule has 2 aromatic carbocycles. The number of fused-ring (bicyclic) bond motifs is 1. The monoisotopic (exact) mass is 520 g/mol. The SMILES string of the molecule is CNC(=O)c1ccc(-c2ccc(OC(C)C)c(C(=O)N[C@@H](CO)Cc3c[nH]c4cccnc34)c2)cc1Cl. The van der Waals surface area contributed by atoms with Crippen molar-refractivity contribution in [1.82, 2.24) is 20.6 Å². The molecule has 0 radical (unpaired) electrons. The summed E-state index contributed by atoms with van der Waals surface area (Å²) >= 11 is 6.35. The summed E-state index contributed by atoms with van der Waals surface area (Å²) in [6.07, 6.45) is 3.80. The zero-order valence-electron chi connectivity index (χ0n) is 20.8. The predicted octanol–water partition coefficient (Wildman–Crippen LogP) is 4.36. The molecule has 9 heteroatoms. The summed E-state index contributed by atoms with van der Waals surface area (Å²) in [4.78, 5) is 33.0. The van der Waals surface area contributed by atoms with Crippen molar-refractivity contribution in [3.63, 3.8) is 0 Å². The van der Waals surface area contributed by atoms with Gasteiger partial charge in [-0.15, -0.1) is 0 Å². The van der Waals surface area contributed by atoms with Crippen molar-refractivity contribution in [2.45, 2.75) is 32.4 Å². The maximum atomic E-state index is 13.4. The van der Waals surface area contributed by atoms with Crippen molar-refractivity contribution < 1.29 is 19.4 Å². The van der Waals surface area contributed by atoms with E-state index in [9.17, 15) is 14.7 Å². The maximum absolute atomic E-state index is 13.4. The highest BCUT2D eigenvalue weighted by molar-refractivity contribution is 6.34. The molecule has 8 nitrogen and oxygen atoms in total. The number of nitrogens with zero attached hydrogens (tertiary/aromatic N) is 1. The number of halogens is 1. The lowest BCUT2D eigenvalue weighted by molar-refractivity contribution is 0.0909. The second-order valence-electron chi connectivity index (χ2n) is 8.92. The van der Waals surface area contributed by atoms with Crippen LogP contribution in [0.15, 0.2) is 60.9 Å². The molecule has 0 aliphatic carbocycles. The van der Waals surface area contributed by atoms with Gasteiger partial charge in [-0.1, -0.05) is 23.7 Å². The zero-order chi connectivity index (χ0) is 26.5. The van der Waals surface area contributed by atoms with Crippen LogP contribution in [0.3, 0.4) is 0 Å². The summed E-state index contributed by atoms with van der Waals surface area (Å²) in [5.41, 5.74) is 4.75. The molecule has 0 fully saturated rings. The van der Waals surface area contributed by atoms with E-state index in [1.54, 1.807) is 43.6 Å². The maximum Gasteiger partial charge on any atom is 0.255 e. The lowest BCUT2D eigenvalue weighted by Gasteiger charge is -2.19. The first-order valence-corrected chi connectivity index (χ1v) is 12.3. The number of aromatic amines is 1. The van der Waals surface area contributed by atoms with Gasteiger partial charge in [0.1, 0.15) is 5.75 Å². The third-order valence-corrected chi connectivity index (χ3v) is 6.21. The highest BCUT2D eigenvalue weighted by atomic mass is 35.5. The Morgan fingerprint density at radius 2 is 1.84 bits per heavy atom. The Morgan fingerprint density at radius 1 is 1.08 bits per heavy atom. The average molecular weight is 521 g/mol. The molecule has 0 aliphatic heterocycles. The van der Waals surface area contributed by atoms with E-state index in [1.807, 2.05) is 38.2 Å². The first kappa shape index (κ1) is 26.2. The van der Waals surface area contributed by atoms with Gasteiger partial charge in [-0.25, -0.2) is 0 Å². The fraction of sp³-hybridized carbons (Fsp3) is 0.250. The van der Waals surface area contributed by atoms with Gasteiger partial charge in [-0.3, -0.25) is 14.6 Å². The van der Waals surface area contributed by atoms with Gasteiger partial charge in [0.25, 0.3) is 11.8 Å². The van der Waals surface area contributed by atoms with E-state index in [4.69, 9.17) is 16.3 Å². The number of aromatic nitrogens is 2. The first-order chi connectivity index (χ1) is 17.8. The van der Waals surface area contributed by atoms with Crippen LogP contribution in [0.2, 0.25) is 5.02 Å². The largest absolute Gasteiger partial charge is 0.490 e. The molecule has 192 valence electrons. The van der Waals surface area contributed by atoms with Crippen molar-refractivity contribution in [3.05, 3.63) is 82.6 Å². The van der Waals surface area contributed by atoms with Crippen LogP contribution in [0.25, 0.3) is 22.2 Å². The number of H-pyrrole nitrogens is 1. The van der Waals surface area contributed by atoms with Crippen LogP contribution >= 0.6 is 11.6 Å².